The molecule has 1 aliphatic rings. The molecule has 2 atom stereocenters. The van der Waals surface area contributed by atoms with Crippen LogP contribution in [0.3, 0.4) is 0 Å². The number of nitrogens with zero attached hydrogens (tertiary/aromatic N) is 1. The van der Waals surface area contributed by atoms with Gasteiger partial charge in [0.25, 0.3) is 0 Å². The largest absolute Gasteiger partial charge is 0.358 e. The van der Waals surface area contributed by atoms with Gasteiger partial charge in [-0.1, -0.05) is 19.8 Å². The van der Waals surface area contributed by atoms with Crippen LogP contribution < -0.4 is 11.1 Å². The number of amides is 2. The van der Waals surface area contributed by atoms with Gasteiger partial charge in [0.2, 0.25) is 11.8 Å². The van der Waals surface area contributed by atoms with Crippen molar-refractivity contribution in [3.05, 3.63) is 0 Å². The second-order valence-electron chi connectivity index (χ2n) is 5.35. The van der Waals surface area contributed by atoms with Gasteiger partial charge in [-0.2, -0.15) is 0 Å². The summed E-state index contributed by atoms with van der Waals surface area (Å²) in [6, 6.07) is 0. The molecule has 0 bridgehead atoms. The van der Waals surface area contributed by atoms with E-state index in [1.54, 1.807) is 11.9 Å². The molecule has 0 saturated heterocycles. The lowest BCUT2D eigenvalue weighted by Gasteiger charge is -2.38. The number of hydrogen-bond acceptors (Lipinski definition) is 3. The monoisotopic (exact) mass is 255 g/mol. The molecule has 104 valence electrons. The number of carbonyl (C=O) groups excluding carboxylic acids is 2. The predicted octanol–water partition coefficient (Wildman–Crippen LogP) is 0.489. The van der Waals surface area contributed by atoms with Gasteiger partial charge >= 0.3 is 0 Å². The Morgan fingerprint density at radius 1 is 1.50 bits per heavy atom. The van der Waals surface area contributed by atoms with E-state index in [1.807, 2.05) is 6.92 Å². The smallest absolute Gasteiger partial charge is 0.243 e. The lowest BCUT2D eigenvalue weighted by atomic mass is 9.76. The first-order valence-corrected chi connectivity index (χ1v) is 6.71. The third-order valence-electron chi connectivity index (χ3n) is 3.74. The molecule has 1 rings (SSSR count). The van der Waals surface area contributed by atoms with E-state index >= 15 is 0 Å². The van der Waals surface area contributed by atoms with Crippen LogP contribution in [0.2, 0.25) is 0 Å². The second kappa shape index (κ2) is 6.18. The molecule has 0 spiro atoms. The van der Waals surface area contributed by atoms with E-state index in [4.69, 9.17) is 5.73 Å². The highest BCUT2D eigenvalue weighted by Gasteiger charge is 2.40. The van der Waals surface area contributed by atoms with Crippen LogP contribution in [0, 0.1) is 5.92 Å². The van der Waals surface area contributed by atoms with E-state index in [0.717, 1.165) is 25.7 Å². The fourth-order valence-corrected chi connectivity index (χ4v) is 2.68. The lowest BCUT2D eigenvalue weighted by molar-refractivity contribution is -0.141. The predicted molar refractivity (Wildman–Crippen MR) is 70.9 cm³/mol. The Kier molecular flexibility index (Phi) is 5.14. The SMILES string of the molecule is CCN(CC(=O)NC)C(=O)C1(N)CCCC(C)C1. The molecule has 5 heteroatoms. The highest BCUT2D eigenvalue weighted by Crippen LogP contribution is 2.31. The number of hydrogen-bond donors (Lipinski definition) is 2. The van der Waals surface area contributed by atoms with Crippen molar-refractivity contribution in [3.63, 3.8) is 0 Å². The molecule has 0 aliphatic heterocycles. The van der Waals surface area contributed by atoms with Crippen molar-refractivity contribution in [2.45, 2.75) is 45.1 Å². The summed E-state index contributed by atoms with van der Waals surface area (Å²) < 4.78 is 0. The topological polar surface area (TPSA) is 75.4 Å². The fourth-order valence-electron chi connectivity index (χ4n) is 2.68. The molecule has 18 heavy (non-hydrogen) atoms. The number of carbonyl (C=O) groups is 2. The second-order valence-corrected chi connectivity index (χ2v) is 5.35. The maximum Gasteiger partial charge on any atom is 0.243 e. The summed E-state index contributed by atoms with van der Waals surface area (Å²) in [5.41, 5.74) is 5.49. The van der Waals surface area contributed by atoms with Crippen molar-refractivity contribution in [1.29, 1.82) is 0 Å². The van der Waals surface area contributed by atoms with Crippen LogP contribution >= 0.6 is 0 Å². The van der Waals surface area contributed by atoms with Crippen molar-refractivity contribution >= 4 is 11.8 Å². The molecule has 5 nitrogen and oxygen atoms in total. The highest BCUT2D eigenvalue weighted by atomic mass is 16.2. The zero-order valence-electron chi connectivity index (χ0n) is 11.7. The molecule has 1 fully saturated rings. The Morgan fingerprint density at radius 3 is 2.67 bits per heavy atom. The number of likely N-dealkylation sites (N-methyl/N-ethyl adjacent to an activating group) is 2. The van der Waals surface area contributed by atoms with Crippen LogP contribution in [-0.2, 0) is 9.59 Å². The summed E-state index contributed by atoms with van der Waals surface area (Å²) in [6.45, 7) is 4.61. The van der Waals surface area contributed by atoms with E-state index < -0.39 is 5.54 Å². The molecule has 0 aromatic rings. The van der Waals surface area contributed by atoms with Crippen LogP contribution in [0.15, 0.2) is 0 Å². The molecule has 2 unspecified atom stereocenters. The van der Waals surface area contributed by atoms with Crippen LogP contribution in [0.4, 0.5) is 0 Å². The van der Waals surface area contributed by atoms with Crippen molar-refractivity contribution in [2.24, 2.45) is 11.7 Å². The molecule has 0 aromatic heterocycles. The molecule has 1 saturated carbocycles. The normalized spacial score (nSPS) is 27.7. The zero-order valence-corrected chi connectivity index (χ0v) is 11.7. The number of rotatable bonds is 4. The van der Waals surface area contributed by atoms with Gasteiger partial charge in [-0.3, -0.25) is 9.59 Å². The minimum atomic E-state index is -0.776. The maximum absolute atomic E-state index is 12.5. The van der Waals surface area contributed by atoms with E-state index in [9.17, 15) is 9.59 Å². The van der Waals surface area contributed by atoms with Crippen LogP contribution in [-0.4, -0.2) is 42.4 Å². The number of nitrogens with one attached hydrogen (secondary N) is 1. The van der Waals surface area contributed by atoms with Crippen molar-refractivity contribution in [2.75, 3.05) is 20.1 Å². The van der Waals surface area contributed by atoms with Gasteiger partial charge < -0.3 is 16.0 Å². The maximum atomic E-state index is 12.5. The van der Waals surface area contributed by atoms with Crippen LogP contribution in [0.5, 0.6) is 0 Å². The van der Waals surface area contributed by atoms with E-state index in [0.29, 0.717) is 12.5 Å². The third-order valence-corrected chi connectivity index (χ3v) is 3.74. The Bertz CT molecular complexity index is 319. The highest BCUT2D eigenvalue weighted by molar-refractivity contribution is 5.90. The summed E-state index contributed by atoms with van der Waals surface area (Å²) in [5, 5.41) is 2.54. The molecule has 0 aromatic carbocycles. The quantitative estimate of drug-likeness (QED) is 0.767. The van der Waals surface area contributed by atoms with Gasteiger partial charge in [0.15, 0.2) is 0 Å². The Labute approximate surface area is 109 Å². The Hall–Kier alpha value is -1.10. The summed E-state index contributed by atoms with van der Waals surface area (Å²) >= 11 is 0. The van der Waals surface area contributed by atoms with E-state index in [1.165, 1.54) is 0 Å². The first-order chi connectivity index (χ1) is 8.42. The molecule has 0 heterocycles. The Balaban J connectivity index is 2.73. The first kappa shape index (κ1) is 15.0. The van der Waals surface area contributed by atoms with Gasteiger partial charge in [-0.15, -0.1) is 0 Å². The Morgan fingerprint density at radius 2 is 2.17 bits per heavy atom. The average Bonchev–Trinajstić information content (AvgIpc) is 2.34. The first-order valence-electron chi connectivity index (χ1n) is 6.71. The summed E-state index contributed by atoms with van der Waals surface area (Å²) in [5.74, 6) is 0.240. The molecular formula is C13H25N3O2. The van der Waals surface area contributed by atoms with Gasteiger partial charge in [-0.05, 0) is 25.7 Å². The van der Waals surface area contributed by atoms with Crippen LogP contribution in [0.25, 0.3) is 0 Å². The molecular weight excluding hydrogens is 230 g/mol. The average molecular weight is 255 g/mol. The number of nitrogens with two attached hydrogens (primary N) is 1. The van der Waals surface area contributed by atoms with E-state index in [2.05, 4.69) is 12.2 Å². The van der Waals surface area contributed by atoms with Gasteiger partial charge in [0.05, 0.1) is 12.1 Å². The minimum absolute atomic E-state index is 0.0832. The molecule has 0 radical (unpaired) electrons. The molecule has 2 amide bonds. The van der Waals surface area contributed by atoms with Gasteiger partial charge in [0, 0.05) is 13.6 Å². The van der Waals surface area contributed by atoms with Gasteiger partial charge in [-0.25, -0.2) is 0 Å². The standard InChI is InChI=1S/C13H25N3O2/c1-4-16(9-11(17)15-3)12(18)13(14)7-5-6-10(2)8-13/h10H,4-9,14H2,1-3H3,(H,15,17). The lowest BCUT2D eigenvalue weighted by Crippen LogP contribution is -2.58. The summed E-state index contributed by atoms with van der Waals surface area (Å²) in [7, 11) is 1.57. The van der Waals surface area contributed by atoms with Crippen molar-refractivity contribution < 1.29 is 9.59 Å². The zero-order chi connectivity index (χ0) is 13.8. The third kappa shape index (κ3) is 3.45. The van der Waals surface area contributed by atoms with Crippen molar-refractivity contribution in [3.8, 4) is 0 Å². The summed E-state index contributed by atoms with van der Waals surface area (Å²) in [6.07, 6.45) is 3.56. The minimum Gasteiger partial charge on any atom is -0.358 e. The van der Waals surface area contributed by atoms with Crippen LogP contribution in [0.1, 0.15) is 39.5 Å². The molecule has 1 aliphatic carbocycles. The van der Waals surface area contributed by atoms with E-state index in [-0.39, 0.29) is 18.4 Å². The van der Waals surface area contributed by atoms with Gasteiger partial charge in [0.1, 0.15) is 0 Å². The fraction of sp³-hybridized carbons (Fsp3) is 0.846. The van der Waals surface area contributed by atoms with Crippen molar-refractivity contribution in [1.82, 2.24) is 10.2 Å². The summed E-state index contributed by atoms with van der Waals surface area (Å²) in [4.78, 5) is 25.4. The molecule has 3 N–H and O–H groups in total.